The number of azo groups is 1. The van der Waals surface area contributed by atoms with Crippen molar-refractivity contribution in [3.05, 3.63) is 36.4 Å². The molecule has 13 heteroatoms. The van der Waals surface area contributed by atoms with Gasteiger partial charge in [0.2, 0.25) is 5.91 Å². The van der Waals surface area contributed by atoms with Crippen molar-refractivity contribution in [2.75, 3.05) is 23.4 Å². The quantitative estimate of drug-likeness (QED) is 0.283. The Morgan fingerprint density at radius 3 is 2.24 bits per heavy atom. The number of sulfone groups is 1. The van der Waals surface area contributed by atoms with Gasteiger partial charge in [0.25, 0.3) is 10.1 Å². The number of nitrogens with one attached hydrogen (secondary N) is 1. The molecule has 156 valence electrons. The van der Waals surface area contributed by atoms with Gasteiger partial charge in [0.05, 0.1) is 34.3 Å². The van der Waals surface area contributed by atoms with Gasteiger partial charge in [-0.2, -0.15) is 13.5 Å². The van der Waals surface area contributed by atoms with Crippen LogP contribution in [0.1, 0.15) is 6.92 Å². The molecule has 2 rings (SSSR count). The van der Waals surface area contributed by atoms with Crippen LogP contribution in [0.4, 0.5) is 22.7 Å². The Morgan fingerprint density at radius 1 is 1.10 bits per heavy atom. The molecule has 0 saturated carbocycles. The summed E-state index contributed by atoms with van der Waals surface area (Å²) in [7, 11) is -8.26. The third-order valence-corrected chi connectivity index (χ3v) is 6.17. The predicted molar refractivity (Wildman–Crippen MR) is 105 cm³/mol. The van der Waals surface area contributed by atoms with Gasteiger partial charge in [-0.25, -0.2) is 8.42 Å². The van der Waals surface area contributed by atoms with Crippen LogP contribution in [-0.4, -0.2) is 44.8 Å². The Kier molecular flexibility index (Phi) is 6.69. The number of carbonyl (C=O) groups is 1. The van der Waals surface area contributed by atoms with Gasteiger partial charge in [0.1, 0.15) is 10.6 Å². The zero-order valence-electron chi connectivity index (χ0n) is 15.1. The molecule has 0 unspecified atom stereocenters. The van der Waals surface area contributed by atoms with E-state index in [-0.39, 0.29) is 27.6 Å². The van der Waals surface area contributed by atoms with E-state index < -0.39 is 43.1 Å². The molecule has 29 heavy (non-hydrogen) atoms. The van der Waals surface area contributed by atoms with Crippen molar-refractivity contribution in [2.45, 2.75) is 16.7 Å². The molecule has 0 aromatic heterocycles. The summed E-state index contributed by atoms with van der Waals surface area (Å²) in [6.07, 6.45) is 0. The molecule has 2 aromatic carbocycles. The van der Waals surface area contributed by atoms with Crippen molar-refractivity contribution in [2.24, 2.45) is 10.2 Å². The summed E-state index contributed by atoms with van der Waals surface area (Å²) in [5.74, 6) is -0.892. The molecule has 1 amide bonds. The van der Waals surface area contributed by atoms with Crippen molar-refractivity contribution in [3.8, 4) is 0 Å². The van der Waals surface area contributed by atoms with Crippen LogP contribution in [0.25, 0.3) is 0 Å². The largest absolute Gasteiger partial charge is 0.398 e. The molecule has 0 aliphatic rings. The number of rotatable bonds is 7. The molecule has 2 aromatic rings. The zero-order chi connectivity index (χ0) is 21.8. The van der Waals surface area contributed by atoms with E-state index >= 15 is 0 Å². The molecule has 11 nitrogen and oxygen atoms in total. The van der Waals surface area contributed by atoms with Crippen LogP contribution in [0.3, 0.4) is 0 Å². The second-order valence-electron chi connectivity index (χ2n) is 5.80. The van der Waals surface area contributed by atoms with Gasteiger partial charge in [-0.15, -0.1) is 5.11 Å². The van der Waals surface area contributed by atoms with Crippen molar-refractivity contribution in [1.29, 1.82) is 0 Å². The van der Waals surface area contributed by atoms with E-state index in [1.807, 2.05) is 0 Å². The molecular weight excluding hydrogens is 424 g/mol. The average Bonchev–Trinajstić information content (AvgIpc) is 2.59. The number of hydrogen-bond acceptors (Lipinski definition) is 9. The topological polar surface area (TPSA) is 189 Å². The van der Waals surface area contributed by atoms with E-state index in [9.17, 15) is 26.2 Å². The van der Waals surface area contributed by atoms with Gasteiger partial charge in [0.15, 0.2) is 9.84 Å². The molecule has 0 aliphatic heterocycles. The van der Waals surface area contributed by atoms with Crippen molar-refractivity contribution >= 4 is 48.6 Å². The Labute approximate surface area is 166 Å². The monoisotopic (exact) mass is 442 g/mol. The third-order valence-electron chi connectivity index (χ3n) is 3.55. The first kappa shape index (κ1) is 22.4. The fourth-order valence-corrected chi connectivity index (χ4v) is 3.90. The average molecular weight is 442 g/mol. The number of amides is 1. The molecule has 0 saturated heterocycles. The Morgan fingerprint density at radius 2 is 1.72 bits per heavy atom. The van der Waals surface area contributed by atoms with Gasteiger partial charge >= 0.3 is 0 Å². The molecular formula is C16H18N4O7S2. The number of anilines is 2. The molecule has 0 radical (unpaired) electrons. The lowest BCUT2D eigenvalue weighted by atomic mass is 10.2. The van der Waals surface area contributed by atoms with Gasteiger partial charge in [-0.1, -0.05) is 0 Å². The maximum absolute atomic E-state index is 11.9. The minimum atomic E-state index is -4.64. The number of hydrogen-bond donors (Lipinski definition) is 4. The van der Waals surface area contributed by atoms with E-state index in [0.29, 0.717) is 0 Å². The molecule has 0 aliphatic carbocycles. The van der Waals surface area contributed by atoms with Gasteiger partial charge in [-0.05, 0) is 36.4 Å². The molecule has 0 bridgehead atoms. The van der Waals surface area contributed by atoms with Crippen molar-refractivity contribution < 1.29 is 31.3 Å². The second kappa shape index (κ2) is 8.65. The molecule has 0 atom stereocenters. The standard InChI is InChI=1S/C16H18N4O7S2/c1-10(22)18-14-8-13(17)16(29(25,26)27)9-15(14)20-19-11-2-4-12(5-3-11)28(23,24)7-6-21/h2-5,8-9,21H,6-7,17H2,1H3,(H,18,22)(H,25,26,27). The van der Waals surface area contributed by atoms with Gasteiger partial charge in [0, 0.05) is 6.92 Å². The van der Waals surface area contributed by atoms with Crippen LogP contribution in [0.5, 0.6) is 0 Å². The van der Waals surface area contributed by atoms with Crippen LogP contribution in [0.2, 0.25) is 0 Å². The summed E-state index contributed by atoms with van der Waals surface area (Å²) in [5, 5.41) is 19.0. The van der Waals surface area contributed by atoms with E-state index in [1.54, 1.807) is 0 Å². The fourth-order valence-electron chi connectivity index (χ4n) is 2.25. The summed E-state index contributed by atoms with van der Waals surface area (Å²) in [5.41, 5.74) is 5.50. The summed E-state index contributed by atoms with van der Waals surface area (Å²) in [4.78, 5) is 10.7. The highest BCUT2D eigenvalue weighted by Crippen LogP contribution is 2.34. The molecule has 5 N–H and O–H groups in total. The third kappa shape index (κ3) is 5.80. The fraction of sp³-hybridized carbons (Fsp3) is 0.188. The van der Waals surface area contributed by atoms with E-state index in [2.05, 4.69) is 15.5 Å². The molecule has 0 fully saturated rings. The first-order valence-electron chi connectivity index (χ1n) is 7.98. The van der Waals surface area contributed by atoms with E-state index in [4.69, 9.17) is 10.8 Å². The highest BCUT2D eigenvalue weighted by molar-refractivity contribution is 7.91. The van der Waals surface area contributed by atoms with Gasteiger partial charge in [-0.3, -0.25) is 9.35 Å². The lowest BCUT2D eigenvalue weighted by molar-refractivity contribution is -0.114. The number of aliphatic hydroxyl groups is 1. The summed E-state index contributed by atoms with van der Waals surface area (Å²) in [6.45, 7) is 0.711. The zero-order valence-corrected chi connectivity index (χ0v) is 16.7. The number of nitrogens with two attached hydrogens (primary N) is 1. The number of nitrogen functional groups attached to an aromatic ring is 1. The minimum Gasteiger partial charge on any atom is -0.398 e. The van der Waals surface area contributed by atoms with E-state index in [1.165, 1.54) is 31.2 Å². The summed E-state index contributed by atoms with van der Waals surface area (Å²) in [6, 6.07) is 7.32. The van der Waals surface area contributed by atoms with Crippen molar-refractivity contribution in [3.63, 3.8) is 0 Å². The van der Waals surface area contributed by atoms with Crippen molar-refractivity contribution in [1.82, 2.24) is 0 Å². The van der Waals surface area contributed by atoms with Crippen LogP contribution < -0.4 is 11.1 Å². The first-order valence-corrected chi connectivity index (χ1v) is 11.1. The summed E-state index contributed by atoms with van der Waals surface area (Å²) >= 11 is 0. The lowest BCUT2D eigenvalue weighted by Gasteiger charge is -2.10. The molecule has 0 spiro atoms. The normalized spacial score (nSPS) is 12.2. The maximum atomic E-state index is 11.9. The second-order valence-corrected chi connectivity index (χ2v) is 9.30. The SMILES string of the molecule is CC(=O)Nc1cc(N)c(S(=O)(=O)O)cc1N=Nc1ccc(S(=O)(=O)CCO)cc1. The Balaban J connectivity index is 2.44. The highest BCUT2D eigenvalue weighted by atomic mass is 32.2. The summed E-state index contributed by atoms with van der Waals surface area (Å²) < 4.78 is 55.9. The van der Waals surface area contributed by atoms with Crippen LogP contribution in [0.15, 0.2) is 56.4 Å². The van der Waals surface area contributed by atoms with Gasteiger partial charge < -0.3 is 16.2 Å². The number of benzene rings is 2. The lowest BCUT2D eigenvalue weighted by Crippen LogP contribution is -2.09. The maximum Gasteiger partial charge on any atom is 0.296 e. The number of nitrogens with zero attached hydrogens (tertiary/aromatic N) is 2. The number of carbonyl (C=O) groups excluding carboxylic acids is 1. The van der Waals surface area contributed by atoms with Crippen LogP contribution in [-0.2, 0) is 24.7 Å². The van der Waals surface area contributed by atoms with E-state index in [0.717, 1.165) is 12.1 Å². The molecule has 0 heterocycles. The number of aliphatic hydroxyl groups excluding tert-OH is 1. The minimum absolute atomic E-state index is 0.00872. The predicted octanol–water partition coefficient (Wildman–Crippen LogP) is 1.66. The smallest absolute Gasteiger partial charge is 0.296 e. The van der Waals surface area contributed by atoms with Crippen LogP contribution >= 0.6 is 0 Å². The Hall–Kier alpha value is -2.87. The first-order chi connectivity index (χ1) is 13.4. The Bertz CT molecular complexity index is 1160. The van der Waals surface area contributed by atoms with Crippen LogP contribution in [0, 0.1) is 0 Å². The highest BCUT2D eigenvalue weighted by Gasteiger charge is 2.18.